The van der Waals surface area contributed by atoms with Crippen molar-refractivity contribution in [2.75, 3.05) is 0 Å². The van der Waals surface area contributed by atoms with Gasteiger partial charge in [-0.25, -0.2) is 9.97 Å². The van der Waals surface area contributed by atoms with Crippen LogP contribution in [0.5, 0.6) is 0 Å². The van der Waals surface area contributed by atoms with Gasteiger partial charge in [0.1, 0.15) is 0 Å². The van der Waals surface area contributed by atoms with Crippen LogP contribution in [0.1, 0.15) is 101 Å². The van der Waals surface area contributed by atoms with E-state index in [2.05, 4.69) is 19.9 Å². The number of H-pyrrole nitrogens is 2. The minimum absolute atomic E-state index is 0.0903. The molecule has 2 N–H and O–H groups in total. The van der Waals surface area contributed by atoms with E-state index in [1.54, 1.807) is 12.7 Å². The number of ether oxygens (including phenoxy) is 1. The van der Waals surface area contributed by atoms with Crippen molar-refractivity contribution >= 4 is 0 Å². The average Bonchev–Trinajstić information content (AvgIpc) is 3.43. The molecular formula is C22H34N4O. The molecule has 2 atom stereocenters. The summed E-state index contributed by atoms with van der Waals surface area (Å²) in [6, 6.07) is 0. The summed E-state index contributed by atoms with van der Waals surface area (Å²) in [4.78, 5) is 15.2. The van der Waals surface area contributed by atoms with Crippen LogP contribution in [-0.4, -0.2) is 19.9 Å². The molecule has 0 spiro atoms. The molecule has 2 aliphatic carbocycles. The van der Waals surface area contributed by atoms with Gasteiger partial charge in [0.2, 0.25) is 0 Å². The van der Waals surface area contributed by atoms with E-state index in [1.807, 2.05) is 12.4 Å². The Hall–Kier alpha value is -1.62. The zero-order valence-corrected chi connectivity index (χ0v) is 16.4. The number of imidazole rings is 2. The van der Waals surface area contributed by atoms with Gasteiger partial charge < -0.3 is 14.7 Å². The molecule has 148 valence electrons. The van der Waals surface area contributed by atoms with Crippen LogP contribution in [0.4, 0.5) is 0 Å². The molecular weight excluding hydrogens is 336 g/mol. The Morgan fingerprint density at radius 3 is 1.56 bits per heavy atom. The molecule has 0 amide bonds. The molecule has 2 unspecified atom stereocenters. The van der Waals surface area contributed by atoms with E-state index in [0.29, 0.717) is 0 Å². The molecule has 4 rings (SSSR count). The van der Waals surface area contributed by atoms with Crippen LogP contribution in [0.15, 0.2) is 25.0 Å². The number of aromatic amines is 2. The number of rotatable bonds is 8. The average molecular weight is 371 g/mol. The molecule has 27 heavy (non-hydrogen) atoms. The van der Waals surface area contributed by atoms with Crippen LogP contribution in [0.25, 0.3) is 0 Å². The van der Waals surface area contributed by atoms with Crippen LogP contribution in [0.3, 0.4) is 0 Å². The van der Waals surface area contributed by atoms with Gasteiger partial charge in [-0.05, 0) is 24.7 Å². The molecule has 5 nitrogen and oxygen atoms in total. The first-order chi connectivity index (χ1) is 13.4. The molecule has 2 aromatic rings. The third-order valence-corrected chi connectivity index (χ3v) is 6.61. The van der Waals surface area contributed by atoms with Gasteiger partial charge in [0.15, 0.2) is 0 Å². The quantitative estimate of drug-likeness (QED) is 0.610. The molecule has 2 aromatic heterocycles. The molecule has 2 saturated carbocycles. The fraction of sp³-hybridized carbons (Fsp3) is 0.727. The molecule has 2 heterocycles. The third kappa shape index (κ3) is 5.22. The molecule has 2 aliphatic rings. The second kappa shape index (κ2) is 9.54. The van der Waals surface area contributed by atoms with E-state index < -0.39 is 0 Å². The van der Waals surface area contributed by atoms with E-state index in [-0.39, 0.29) is 12.2 Å². The largest absolute Gasteiger partial charge is 0.362 e. The summed E-state index contributed by atoms with van der Waals surface area (Å²) in [6.45, 7) is 0. The van der Waals surface area contributed by atoms with Crippen LogP contribution in [0.2, 0.25) is 0 Å². The highest BCUT2D eigenvalue weighted by atomic mass is 16.5. The molecule has 0 saturated heterocycles. The Balaban J connectivity index is 1.48. The van der Waals surface area contributed by atoms with Crippen molar-refractivity contribution in [1.29, 1.82) is 0 Å². The lowest BCUT2D eigenvalue weighted by Crippen LogP contribution is -2.19. The molecule has 5 heteroatoms. The molecule has 0 radical (unpaired) electrons. The van der Waals surface area contributed by atoms with Gasteiger partial charge in [0, 0.05) is 0 Å². The van der Waals surface area contributed by atoms with Crippen LogP contribution in [0, 0.1) is 11.8 Å². The smallest absolute Gasteiger partial charge is 0.1000 e. The van der Waals surface area contributed by atoms with E-state index in [0.717, 1.165) is 36.1 Å². The van der Waals surface area contributed by atoms with Gasteiger partial charge >= 0.3 is 0 Å². The van der Waals surface area contributed by atoms with Crippen LogP contribution in [-0.2, 0) is 4.74 Å². The highest BCUT2D eigenvalue weighted by Gasteiger charge is 2.28. The Labute approximate surface area is 162 Å². The van der Waals surface area contributed by atoms with Crippen molar-refractivity contribution < 1.29 is 4.74 Å². The van der Waals surface area contributed by atoms with Gasteiger partial charge in [-0.1, -0.05) is 64.2 Å². The van der Waals surface area contributed by atoms with Crippen LogP contribution < -0.4 is 0 Å². The zero-order chi connectivity index (χ0) is 18.3. The first kappa shape index (κ1) is 18.7. The van der Waals surface area contributed by atoms with Crippen LogP contribution >= 0.6 is 0 Å². The summed E-state index contributed by atoms with van der Waals surface area (Å²) >= 11 is 0. The SMILES string of the molecule is c1ncc(C(CC2CCCCC2)OC(CC2CCCCC2)c2cnc[nH]2)[nH]1. The van der Waals surface area contributed by atoms with Gasteiger partial charge in [0.05, 0.1) is 48.6 Å². The number of nitrogens with zero attached hydrogens (tertiary/aromatic N) is 2. The second-order valence-electron chi connectivity index (χ2n) is 8.61. The fourth-order valence-corrected chi connectivity index (χ4v) is 5.05. The van der Waals surface area contributed by atoms with E-state index in [1.165, 1.54) is 64.2 Å². The summed E-state index contributed by atoms with van der Waals surface area (Å²) in [5.41, 5.74) is 2.24. The second-order valence-corrected chi connectivity index (χ2v) is 8.61. The highest BCUT2D eigenvalue weighted by Crippen LogP contribution is 2.39. The van der Waals surface area contributed by atoms with E-state index in [9.17, 15) is 0 Å². The van der Waals surface area contributed by atoms with Crippen molar-refractivity contribution in [3.05, 3.63) is 36.4 Å². The van der Waals surface area contributed by atoms with Crippen molar-refractivity contribution in [2.24, 2.45) is 11.8 Å². The van der Waals surface area contributed by atoms with E-state index in [4.69, 9.17) is 4.74 Å². The maximum absolute atomic E-state index is 6.80. The molecule has 0 aliphatic heterocycles. The lowest BCUT2D eigenvalue weighted by Gasteiger charge is -2.31. The normalized spacial score (nSPS) is 21.9. The third-order valence-electron chi connectivity index (χ3n) is 6.61. The Bertz CT molecular complexity index is 571. The number of aromatic nitrogens is 4. The Morgan fingerprint density at radius 1 is 0.741 bits per heavy atom. The highest BCUT2D eigenvalue weighted by molar-refractivity contribution is 5.04. The Morgan fingerprint density at radius 2 is 1.19 bits per heavy atom. The fourth-order valence-electron chi connectivity index (χ4n) is 5.05. The molecule has 0 bridgehead atoms. The molecule has 0 aromatic carbocycles. The van der Waals surface area contributed by atoms with Crippen molar-refractivity contribution in [3.8, 4) is 0 Å². The van der Waals surface area contributed by atoms with Crippen molar-refractivity contribution in [1.82, 2.24) is 19.9 Å². The van der Waals surface area contributed by atoms with Crippen molar-refractivity contribution in [2.45, 2.75) is 89.3 Å². The maximum atomic E-state index is 6.80. The lowest BCUT2D eigenvalue weighted by molar-refractivity contribution is -0.0468. The summed E-state index contributed by atoms with van der Waals surface area (Å²) < 4.78 is 6.80. The van der Waals surface area contributed by atoms with Gasteiger partial charge in [-0.15, -0.1) is 0 Å². The number of hydrogen-bond acceptors (Lipinski definition) is 3. The molecule has 2 fully saturated rings. The topological polar surface area (TPSA) is 66.6 Å². The van der Waals surface area contributed by atoms with Crippen molar-refractivity contribution in [3.63, 3.8) is 0 Å². The standard InChI is InChI=1S/C22H34N4O/c1-3-7-17(8-4-1)11-21(19-13-23-15-25-19)27-22(20-14-24-16-26-20)12-18-9-5-2-6-10-18/h13-18,21-22H,1-12H2,(H,23,25)(H,24,26). The predicted octanol–water partition coefficient (Wildman–Crippen LogP) is 5.87. The van der Waals surface area contributed by atoms with Gasteiger partial charge in [-0.3, -0.25) is 0 Å². The minimum atomic E-state index is 0.0903. The summed E-state index contributed by atoms with van der Waals surface area (Å²) in [7, 11) is 0. The maximum Gasteiger partial charge on any atom is 0.1000 e. The van der Waals surface area contributed by atoms with Gasteiger partial charge in [0.25, 0.3) is 0 Å². The van der Waals surface area contributed by atoms with E-state index >= 15 is 0 Å². The predicted molar refractivity (Wildman–Crippen MR) is 106 cm³/mol. The lowest BCUT2D eigenvalue weighted by atomic mass is 9.84. The monoisotopic (exact) mass is 370 g/mol. The zero-order valence-electron chi connectivity index (χ0n) is 16.4. The first-order valence-corrected chi connectivity index (χ1v) is 11.0. The summed E-state index contributed by atoms with van der Waals surface area (Å²) in [6.07, 6.45) is 23.4. The minimum Gasteiger partial charge on any atom is -0.362 e. The Kier molecular flexibility index (Phi) is 6.62. The first-order valence-electron chi connectivity index (χ1n) is 11.0. The summed E-state index contributed by atoms with van der Waals surface area (Å²) in [5.74, 6) is 1.54. The summed E-state index contributed by atoms with van der Waals surface area (Å²) in [5, 5.41) is 0. The number of hydrogen-bond donors (Lipinski definition) is 2. The van der Waals surface area contributed by atoms with Gasteiger partial charge in [-0.2, -0.15) is 0 Å². The number of nitrogens with one attached hydrogen (secondary N) is 2.